The zero-order chi connectivity index (χ0) is 20.7. The van der Waals surface area contributed by atoms with Crippen LogP contribution in [0.5, 0.6) is 5.88 Å². The fourth-order valence-electron chi connectivity index (χ4n) is 2.58. The molecule has 0 aliphatic carbocycles. The summed E-state index contributed by atoms with van der Waals surface area (Å²) in [6.07, 6.45) is 6.63. The van der Waals surface area contributed by atoms with Crippen LogP contribution in [0.15, 0.2) is 73.4 Å². The van der Waals surface area contributed by atoms with Crippen LogP contribution in [0.4, 0.5) is 0 Å². The van der Waals surface area contributed by atoms with Crippen molar-refractivity contribution in [2.75, 3.05) is 0 Å². The lowest BCUT2D eigenvalue weighted by Gasteiger charge is -2.32. The van der Waals surface area contributed by atoms with Crippen molar-refractivity contribution in [3.05, 3.63) is 79.0 Å². The SMILES string of the molecule is CC1(C)OB(c2ccc(OCc3ccccc3)nc2)OC1(C)C.c1cncnc1. The number of benzene rings is 1. The predicted octanol–water partition coefficient (Wildman–Crippen LogP) is 3.44. The van der Waals surface area contributed by atoms with E-state index in [9.17, 15) is 0 Å². The monoisotopic (exact) mass is 391 g/mol. The number of hydrogen-bond donors (Lipinski definition) is 0. The van der Waals surface area contributed by atoms with E-state index in [4.69, 9.17) is 14.0 Å². The molecule has 0 unspecified atom stereocenters. The summed E-state index contributed by atoms with van der Waals surface area (Å²) >= 11 is 0. The molecule has 0 amide bonds. The Morgan fingerprint density at radius 2 is 1.52 bits per heavy atom. The van der Waals surface area contributed by atoms with Gasteiger partial charge in [0.1, 0.15) is 12.9 Å². The van der Waals surface area contributed by atoms with Gasteiger partial charge in [-0.05, 0) is 45.4 Å². The molecular weight excluding hydrogens is 365 g/mol. The normalized spacial score (nSPS) is 16.6. The average molecular weight is 391 g/mol. The molecule has 0 radical (unpaired) electrons. The number of pyridine rings is 1. The Morgan fingerprint density at radius 3 is 2.00 bits per heavy atom. The predicted molar refractivity (Wildman–Crippen MR) is 113 cm³/mol. The minimum Gasteiger partial charge on any atom is -0.473 e. The summed E-state index contributed by atoms with van der Waals surface area (Å²) in [5, 5.41) is 0. The number of aromatic nitrogens is 3. The van der Waals surface area contributed by atoms with Crippen molar-refractivity contribution in [3.8, 4) is 5.88 Å². The zero-order valence-corrected chi connectivity index (χ0v) is 17.3. The Balaban J connectivity index is 0.000000343. The fraction of sp³-hybridized carbons (Fsp3) is 0.318. The van der Waals surface area contributed by atoms with E-state index in [1.807, 2.05) is 70.2 Å². The minimum atomic E-state index is -0.393. The van der Waals surface area contributed by atoms with Gasteiger partial charge in [-0.2, -0.15) is 0 Å². The lowest BCUT2D eigenvalue weighted by atomic mass is 9.80. The van der Waals surface area contributed by atoms with Gasteiger partial charge in [-0.15, -0.1) is 0 Å². The van der Waals surface area contributed by atoms with Crippen LogP contribution >= 0.6 is 0 Å². The highest BCUT2D eigenvalue weighted by Crippen LogP contribution is 2.36. The maximum Gasteiger partial charge on any atom is 0.496 e. The lowest BCUT2D eigenvalue weighted by molar-refractivity contribution is 0.00578. The van der Waals surface area contributed by atoms with E-state index in [-0.39, 0.29) is 11.2 Å². The molecule has 3 aromatic rings. The van der Waals surface area contributed by atoms with Crippen molar-refractivity contribution in [2.24, 2.45) is 0 Å². The van der Waals surface area contributed by atoms with Gasteiger partial charge in [-0.1, -0.05) is 36.4 Å². The summed E-state index contributed by atoms with van der Waals surface area (Å²) in [5.41, 5.74) is 1.32. The number of nitrogens with zero attached hydrogens (tertiary/aromatic N) is 3. The van der Waals surface area contributed by atoms with Crippen molar-refractivity contribution < 1.29 is 14.0 Å². The van der Waals surface area contributed by atoms with Crippen LogP contribution in [0.2, 0.25) is 0 Å². The van der Waals surface area contributed by atoms with Gasteiger partial charge in [0.25, 0.3) is 0 Å². The van der Waals surface area contributed by atoms with Gasteiger partial charge in [0.05, 0.1) is 11.2 Å². The molecule has 1 aliphatic rings. The summed E-state index contributed by atoms with van der Waals surface area (Å²) in [6.45, 7) is 8.66. The lowest BCUT2D eigenvalue weighted by Crippen LogP contribution is -2.41. The highest BCUT2D eigenvalue weighted by Gasteiger charge is 2.51. The summed E-state index contributed by atoms with van der Waals surface area (Å²) in [7, 11) is -0.393. The molecule has 1 saturated heterocycles. The van der Waals surface area contributed by atoms with E-state index in [0.717, 1.165) is 11.0 Å². The highest BCUT2D eigenvalue weighted by atomic mass is 16.7. The van der Waals surface area contributed by atoms with Crippen molar-refractivity contribution in [1.82, 2.24) is 15.0 Å². The molecule has 4 rings (SSSR count). The third-order valence-electron chi connectivity index (χ3n) is 4.99. The second-order valence-electron chi connectivity index (χ2n) is 7.70. The largest absolute Gasteiger partial charge is 0.496 e. The molecular formula is C22H26BN3O3. The first-order valence-corrected chi connectivity index (χ1v) is 9.56. The maximum absolute atomic E-state index is 6.02. The molecule has 0 bridgehead atoms. The molecule has 1 fully saturated rings. The van der Waals surface area contributed by atoms with Crippen molar-refractivity contribution in [1.29, 1.82) is 0 Å². The molecule has 2 aromatic heterocycles. The van der Waals surface area contributed by atoms with Crippen LogP contribution in [0.3, 0.4) is 0 Å². The van der Waals surface area contributed by atoms with E-state index >= 15 is 0 Å². The molecule has 6 nitrogen and oxygen atoms in total. The Bertz CT molecular complexity index is 832. The molecule has 0 saturated carbocycles. The Labute approximate surface area is 172 Å². The molecule has 1 aliphatic heterocycles. The highest BCUT2D eigenvalue weighted by molar-refractivity contribution is 6.62. The maximum atomic E-state index is 6.02. The third-order valence-corrected chi connectivity index (χ3v) is 4.99. The van der Waals surface area contributed by atoms with Crippen molar-refractivity contribution in [2.45, 2.75) is 45.5 Å². The van der Waals surface area contributed by atoms with E-state index < -0.39 is 7.12 Å². The van der Waals surface area contributed by atoms with Crippen LogP contribution < -0.4 is 10.2 Å². The standard InChI is InChI=1S/C18H22BNO3.C4H4N2/c1-17(2)18(3,4)23-19(22-17)15-10-11-16(20-12-15)21-13-14-8-6-5-7-9-14;1-2-5-4-6-3-1/h5-12H,13H2,1-4H3;1-4H. The first kappa shape index (κ1) is 21.0. The minimum absolute atomic E-state index is 0.347. The Morgan fingerprint density at radius 1 is 0.862 bits per heavy atom. The second kappa shape index (κ2) is 9.16. The van der Waals surface area contributed by atoms with E-state index in [1.54, 1.807) is 24.7 Å². The number of ether oxygens (including phenoxy) is 1. The Kier molecular flexibility index (Phi) is 6.62. The van der Waals surface area contributed by atoms with Gasteiger partial charge < -0.3 is 14.0 Å². The zero-order valence-electron chi connectivity index (χ0n) is 17.3. The molecule has 29 heavy (non-hydrogen) atoms. The summed E-state index contributed by atoms with van der Waals surface area (Å²) in [5.74, 6) is 0.592. The van der Waals surface area contributed by atoms with Gasteiger partial charge in [-0.25, -0.2) is 15.0 Å². The van der Waals surface area contributed by atoms with Gasteiger partial charge in [0.2, 0.25) is 5.88 Å². The Hall–Kier alpha value is -2.77. The summed E-state index contributed by atoms with van der Waals surface area (Å²) < 4.78 is 17.7. The molecule has 3 heterocycles. The smallest absolute Gasteiger partial charge is 0.473 e. The van der Waals surface area contributed by atoms with Crippen LogP contribution in [-0.4, -0.2) is 33.3 Å². The van der Waals surface area contributed by atoms with E-state index in [0.29, 0.717) is 12.5 Å². The second-order valence-corrected chi connectivity index (χ2v) is 7.70. The summed E-state index contributed by atoms with van der Waals surface area (Å²) in [4.78, 5) is 11.7. The van der Waals surface area contributed by atoms with Crippen LogP contribution in [0, 0.1) is 0 Å². The molecule has 150 valence electrons. The number of rotatable bonds is 4. The molecule has 0 N–H and O–H groups in total. The molecule has 0 spiro atoms. The molecule has 0 atom stereocenters. The quantitative estimate of drug-likeness (QED) is 0.635. The van der Waals surface area contributed by atoms with Gasteiger partial charge in [-0.3, -0.25) is 0 Å². The molecule has 7 heteroatoms. The fourth-order valence-corrected chi connectivity index (χ4v) is 2.58. The van der Waals surface area contributed by atoms with Crippen LogP contribution in [-0.2, 0) is 15.9 Å². The van der Waals surface area contributed by atoms with E-state index in [2.05, 4.69) is 15.0 Å². The third kappa shape index (κ3) is 5.62. The average Bonchev–Trinajstić information content (AvgIpc) is 2.96. The van der Waals surface area contributed by atoms with Gasteiger partial charge >= 0.3 is 7.12 Å². The summed E-state index contributed by atoms with van der Waals surface area (Å²) in [6, 6.07) is 15.6. The van der Waals surface area contributed by atoms with Gasteiger partial charge in [0, 0.05) is 24.1 Å². The van der Waals surface area contributed by atoms with Crippen molar-refractivity contribution >= 4 is 12.6 Å². The van der Waals surface area contributed by atoms with Gasteiger partial charge in [0.15, 0.2) is 0 Å². The first-order chi connectivity index (χ1) is 13.9. The molecule has 1 aromatic carbocycles. The first-order valence-electron chi connectivity index (χ1n) is 9.56. The van der Waals surface area contributed by atoms with Crippen LogP contribution in [0.25, 0.3) is 0 Å². The van der Waals surface area contributed by atoms with Crippen molar-refractivity contribution in [3.63, 3.8) is 0 Å². The number of hydrogen-bond acceptors (Lipinski definition) is 6. The van der Waals surface area contributed by atoms with Crippen LogP contribution in [0.1, 0.15) is 33.3 Å². The topological polar surface area (TPSA) is 66.4 Å². The van der Waals surface area contributed by atoms with E-state index in [1.165, 1.54) is 6.33 Å².